The van der Waals surface area contributed by atoms with Gasteiger partial charge >= 0.3 is 0 Å². The molecule has 0 saturated carbocycles. The van der Waals surface area contributed by atoms with Crippen LogP contribution in [0.1, 0.15) is 41.5 Å². The minimum absolute atomic E-state index is 0.233. The van der Waals surface area contributed by atoms with Gasteiger partial charge in [0.1, 0.15) is 6.04 Å². The number of amides is 5. The topological polar surface area (TPSA) is 107 Å². The van der Waals surface area contributed by atoms with Crippen LogP contribution in [0.2, 0.25) is 0 Å². The largest absolute Gasteiger partial charge is 0.324 e. The lowest BCUT2D eigenvalue weighted by Gasteiger charge is -2.37. The fraction of sp³-hybridized carbons (Fsp3) is 0.148. The van der Waals surface area contributed by atoms with Crippen LogP contribution in [0, 0.1) is 0 Å². The number of benzene rings is 3. The minimum atomic E-state index is -1.08. The summed E-state index contributed by atoms with van der Waals surface area (Å²) < 4.78 is 0. The number of hydrogen-bond donors (Lipinski definition) is 1. The number of rotatable bonds is 3. The smallest absolute Gasteiger partial charge is 0.262 e. The highest BCUT2D eigenvalue weighted by molar-refractivity contribution is 6.23. The molecule has 180 valence electrons. The summed E-state index contributed by atoms with van der Waals surface area (Å²) in [7, 11) is 0. The number of nitrogens with one attached hydrogen (secondary N) is 1. The Kier molecular flexibility index (Phi) is 5.40. The highest BCUT2D eigenvalue weighted by Crippen LogP contribution is 2.48. The van der Waals surface area contributed by atoms with Gasteiger partial charge in [0, 0.05) is 19.5 Å². The van der Waals surface area contributed by atoms with E-state index in [1.54, 1.807) is 66.7 Å². The molecule has 0 aromatic heterocycles. The molecule has 36 heavy (non-hydrogen) atoms. The summed E-state index contributed by atoms with van der Waals surface area (Å²) in [6, 6.07) is 17.3. The van der Waals surface area contributed by atoms with Gasteiger partial charge in [-0.2, -0.15) is 0 Å². The first-order valence-corrected chi connectivity index (χ1v) is 11.3. The SMILES string of the molecule is CC(=O)N1c2ccccc2N(C(C)=O)c2cc(NC(=O)C(C)N3C(=O)c4ccccc4C3=O)ccc21. The molecule has 3 aromatic rings. The molecule has 0 radical (unpaired) electrons. The van der Waals surface area contributed by atoms with Gasteiger partial charge in [-0.25, -0.2) is 0 Å². The van der Waals surface area contributed by atoms with Crippen LogP contribution in [0.3, 0.4) is 0 Å². The molecule has 1 atom stereocenters. The average molecular weight is 482 g/mol. The maximum absolute atomic E-state index is 13.1. The molecular formula is C27H22N4O5. The number of imide groups is 1. The zero-order valence-electron chi connectivity index (χ0n) is 19.8. The summed E-state index contributed by atoms with van der Waals surface area (Å²) in [6.07, 6.45) is 0. The Labute approximate surface area is 206 Å². The van der Waals surface area contributed by atoms with Gasteiger partial charge in [0.2, 0.25) is 17.7 Å². The number of fused-ring (bicyclic) bond motifs is 3. The van der Waals surface area contributed by atoms with E-state index in [1.165, 1.54) is 30.6 Å². The molecule has 1 unspecified atom stereocenters. The predicted octanol–water partition coefficient (Wildman–Crippen LogP) is 3.99. The van der Waals surface area contributed by atoms with Gasteiger partial charge in [0.25, 0.3) is 11.8 Å². The Hall–Kier alpha value is -4.79. The fourth-order valence-corrected chi connectivity index (χ4v) is 4.67. The van der Waals surface area contributed by atoms with Gasteiger partial charge in [-0.15, -0.1) is 0 Å². The van der Waals surface area contributed by atoms with Crippen molar-refractivity contribution in [2.24, 2.45) is 0 Å². The zero-order chi connectivity index (χ0) is 25.7. The molecule has 0 saturated heterocycles. The van der Waals surface area contributed by atoms with Crippen LogP contribution in [-0.4, -0.2) is 40.5 Å². The second kappa shape index (κ2) is 8.46. The molecule has 5 amide bonds. The first-order chi connectivity index (χ1) is 17.2. The van der Waals surface area contributed by atoms with E-state index in [2.05, 4.69) is 5.32 Å². The van der Waals surface area contributed by atoms with Gasteiger partial charge in [-0.05, 0) is 49.4 Å². The highest BCUT2D eigenvalue weighted by Gasteiger charge is 2.41. The van der Waals surface area contributed by atoms with E-state index < -0.39 is 23.8 Å². The van der Waals surface area contributed by atoms with Crippen molar-refractivity contribution in [3.05, 3.63) is 77.9 Å². The van der Waals surface area contributed by atoms with Gasteiger partial charge < -0.3 is 5.32 Å². The molecule has 0 fully saturated rings. The monoisotopic (exact) mass is 482 g/mol. The number of carbonyl (C=O) groups is 5. The van der Waals surface area contributed by atoms with Crippen LogP contribution in [0.4, 0.5) is 28.4 Å². The summed E-state index contributed by atoms with van der Waals surface area (Å²) in [6.45, 7) is 4.33. The molecule has 3 aromatic carbocycles. The van der Waals surface area contributed by atoms with Crippen molar-refractivity contribution in [3.8, 4) is 0 Å². The van der Waals surface area contributed by atoms with Gasteiger partial charge in [0.05, 0.1) is 33.9 Å². The third-order valence-electron chi connectivity index (χ3n) is 6.31. The van der Waals surface area contributed by atoms with Crippen LogP contribution >= 0.6 is 0 Å². The summed E-state index contributed by atoms with van der Waals surface area (Å²) in [5, 5.41) is 2.74. The molecule has 9 heteroatoms. The lowest BCUT2D eigenvalue weighted by molar-refractivity contribution is -0.119. The normalized spacial score (nSPS) is 14.7. The van der Waals surface area contributed by atoms with Crippen molar-refractivity contribution < 1.29 is 24.0 Å². The van der Waals surface area contributed by atoms with Crippen LogP contribution in [0.25, 0.3) is 0 Å². The second-order valence-corrected chi connectivity index (χ2v) is 8.59. The Balaban J connectivity index is 1.47. The first kappa shape index (κ1) is 23.0. The lowest BCUT2D eigenvalue weighted by atomic mass is 10.1. The van der Waals surface area contributed by atoms with Crippen molar-refractivity contribution in [1.82, 2.24) is 4.90 Å². The van der Waals surface area contributed by atoms with E-state index in [9.17, 15) is 24.0 Å². The molecule has 2 heterocycles. The molecule has 2 aliphatic rings. The Morgan fingerprint density at radius 1 is 0.694 bits per heavy atom. The standard InChI is InChI=1S/C27H22N4O5/c1-15(29-26(35)19-8-4-5-9-20(19)27(29)36)25(34)28-18-12-13-23-24(14-18)31(17(3)33)22-11-7-6-10-21(22)30(23)16(2)32/h4-15H,1-3H3,(H,28,34). The van der Waals surface area contributed by atoms with E-state index >= 15 is 0 Å². The third-order valence-corrected chi connectivity index (χ3v) is 6.31. The van der Waals surface area contributed by atoms with Gasteiger partial charge in [-0.3, -0.25) is 38.7 Å². The van der Waals surface area contributed by atoms with Crippen molar-refractivity contribution in [3.63, 3.8) is 0 Å². The maximum Gasteiger partial charge on any atom is 0.262 e. The van der Waals surface area contributed by atoms with Crippen molar-refractivity contribution in [2.45, 2.75) is 26.8 Å². The molecular weight excluding hydrogens is 460 g/mol. The number of carbonyl (C=O) groups excluding carboxylic acids is 5. The van der Waals surface area contributed by atoms with E-state index in [0.29, 0.717) is 28.4 Å². The molecule has 0 bridgehead atoms. The Morgan fingerprint density at radius 3 is 1.69 bits per heavy atom. The summed E-state index contributed by atoms with van der Waals surface area (Å²) >= 11 is 0. The van der Waals surface area contributed by atoms with Crippen molar-refractivity contribution in [1.29, 1.82) is 0 Å². The summed E-state index contributed by atoms with van der Waals surface area (Å²) in [5.41, 5.74) is 2.88. The first-order valence-electron chi connectivity index (χ1n) is 11.3. The van der Waals surface area contributed by atoms with E-state index in [4.69, 9.17) is 0 Å². The molecule has 1 N–H and O–H groups in total. The van der Waals surface area contributed by atoms with Crippen molar-refractivity contribution in [2.75, 3.05) is 15.1 Å². The third kappa shape index (κ3) is 3.44. The Morgan fingerprint density at radius 2 is 1.17 bits per heavy atom. The molecule has 0 aliphatic carbocycles. The number of hydrogen-bond acceptors (Lipinski definition) is 5. The zero-order valence-corrected chi connectivity index (χ0v) is 19.8. The second-order valence-electron chi connectivity index (χ2n) is 8.59. The lowest BCUT2D eigenvalue weighted by Crippen LogP contribution is -2.45. The quantitative estimate of drug-likeness (QED) is 0.568. The molecule has 9 nitrogen and oxygen atoms in total. The minimum Gasteiger partial charge on any atom is -0.324 e. The van der Waals surface area contributed by atoms with E-state index in [1.807, 2.05) is 0 Å². The van der Waals surface area contributed by atoms with E-state index in [-0.39, 0.29) is 22.9 Å². The molecule has 0 spiro atoms. The van der Waals surface area contributed by atoms with E-state index in [0.717, 1.165) is 4.90 Å². The number of nitrogens with zero attached hydrogens (tertiary/aromatic N) is 3. The Bertz CT molecular complexity index is 1450. The fourth-order valence-electron chi connectivity index (χ4n) is 4.67. The number of anilines is 5. The van der Waals surface area contributed by atoms with Gasteiger partial charge in [-0.1, -0.05) is 24.3 Å². The maximum atomic E-state index is 13.1. The summed E-state index contributed by atoms with van der Waals surface area (Å²) in [4.78, 5) is 67.8. The van der Waals surface area contributed by atoms with Gasteiger partial charge in [0.15, 0.2) is 0 Å². The molecule has 5 rings (SSSR count). The van der Waals surface area contributed by atoms with Crippen LogP contribution in [0.15, 0.2) is 66.7 Å². The van der Waals surface area contributed by atoms with Crippen molar-refractivity contribution >= 4 is 58.0 Å². The molecule has 2 aliphatic heterocycles. The van der Waals surface area contributed by atoms with Crippen LogP contribution in [-0.2, 0) is 14.4 Å². The van der Waals surface area contributed by atoms with Crippen LogP contribution < -0.4 is 15.1 Å². The summed E-state index contributed by atoms with van der Waals surface area (Å²) in [5.74, 6) is -2.13. The highest BCUT2D eigenvalue weighted by atomic mass is 16.2. The van der Waals surface area contributed by atoms with Crippen LogP contribution in [0.5, 0.6) is 0 Å². The predicted molar refractivity (Wildman–Crippen MR) is 134 cm³/mol. The average Bonchev–Trinajstić information content (AvgIpc) is 3.11. The number of para-hydroxylation sites is 2.